The van der Waals surface area contributed by atoms with Crippen LogP contribution in [0.1, 0.15) is 201 Å². The lowest BCUT2D eigenvalue weighted by atomic mass is 10.1. The normalized spacial score (nSPS) is 13.1. The van der Waals surface area contributed by atoms with E-state index in [9.17, 15) is 14.4 Å². The molecule has 0 N–H and O–H groups in total. The van der Waals surface area contributed by atoms with Crippen molar-refractivity contribution in [1.29, 1.82) is 0 Å². The molecule has 0 aliphatic carbocycles. The second-order valence-corrected chi connectivity index (χ2v) is 16.1. The van der Waals surface area contributed by atoms with E-state index in [1.165, 1.54) is 64.2 Å². The van der Waals surface area contributed by atoms with E-state index in [4.69, 9.17) is 14.2 Å². The first-order chi connectivity index (χ1) is 31.0. The minimum absolute atomic E-state index is 0.137. The van der Waals surface area contributed by atoms with Crippen molar-refractivity contribution < 1.29 is 28.6 Å². The Bertz CT molecular complexity index is 1370. The number of carbonyl (C=O) groups is 3. The van der Waals surface area contributed by atoms with Crippen molar-refractivity contribution in [2.24, 2.45) is 0 Å². The maximum absolute atomic E-state index is 12.8. The molecule has 354 valence electrons. The highest BCUT2D eigenvalue weighted by molar-refractivity contribution is 5.71. The molecule has 0 heterocycles. The van der Waals surface area contributed by atoms with Gasteiger partial charge in [0, 0.05) is 19.3 Å². The van der Waals surface area contributed by atoms with Gasteiger partial charge in [0.05, 0.1) is 0 Å². The van der Waals surface area contributed by atoms with E-state index < -0.39 is 6.10 Å². The zero-order valence-electron chi connectivity index (χ0n) is 40.3. The topological polar surface area (TPSA) is 78.9 Å². The Labute approximate surface area is 386 Å². The summed E-state index contributed by atoms with van der Waals surface area (Å²) >= 11 is 0. The van der Waals surface area contributed by atoms with Gasteiger partial charge in [-0.25, -0.2) is 0 Å². The monoisotopic (exact) mass is 871 g/mol. The lowest BCUT2D eigenvalue weighted by Gasteiger charge is -2.18. The van der Waals surface area contributed by atoms with Gasteiger partial charge in [0.15, 0.2) is 6.10 Å². The molecule has 0 aliphatic rings. The van der Waals surface area contributed by atoms with Crippen molar-refractivity contribution in [2.75, 3.05) is 13.2 Å². The first kappa shape index (κ1) is 58.8. The lowest BCUT2D eigenvalue weighted by molar-refractivity contribution is -0.166. The van der Waals surface area contributed by atoms with Crippen LogP contribution in [0, 0.1) is 0 Å². The predicted octanol–water partition coefficient (Wildman–Crippen LogP) is 16.5. The SMILES string of the molecule is CC/C=C/C=C/C=C/C=C/CCCCCCCC(=O)OC(COC(=O)CC/C=C/C/C=C/CCCCCCCC)COC(=O)CCC/C=C/C/C=C/C/C=C/C/C=C/CCCCC. The third-order valence-electron chi connectivity index (χ3n) is 10.0. The highest BCUT2D eigenvalue weighted by atomic mass is 16.6. The molecule has 0 radical (unpaired) electrons. The van der Waals surface area contributed by atoms with Crippen molar-refractivity contribution >= 4 is 17.9 Å². The second kappa shape index (κ2) is 50.5. The summed E-state index contributed by atoms with van der Waals surface area (Å²) in [5.74, 6) is -1.09. The Morgan fingerprint density at radius 2 is 0.730 bits per heavy atom. The number of hydrogen-bond acceptors (Lipinski definition) is 6. The van der Waals surface area contributed by atoms with Gasteiger partial charge in [-0.3, -0.25) is 14.4 Å². The van der Waals surface area contributed by atoms with E-state index in [1.807, 2.05) is 30.4 Å². The molecule has 0 saturated heterocycles. The summed E-state index contributed by atoms with van der Waals surface area (Å²) < 4.78 is 16.6. The van der Waals surface area contributed by atoms with Crippen molar-refractivity contribution in [2.45, 2.75) is 207 Å². The van der Waals surface area contributed by atoms with E-state index >= 15 is 0 Å². The van der Waals surface area contributed by atoms with Crippen LogP contribution < -0.4 is 0 Å². The molecule has 6 heteroatoms. The third kappa shape index (κ3) is 48.7. The van der Waals surface area contributed by atoms with Gasteiger partial charge in [-0.05, 0) is 96.3 Å². The Morgan fingerprint density at radius 3 is 1.29 bits per heavy atom. The molecule has 0 amide bonds. The summed E-state index contributed by atoms with van der Waals surface area (Å²) in [5, 5.41) is 0. The molecule has 0 aromatic rings. The van der Waals surface area contributed by atoms with Crippen LogP contribution in [0.3, 0.4) is 0 Å². The minimum Gasteiger partial charge on any atom is -0.462 e. The molecular formula is C57H90O6. The van der Waals surface area contributed by atoms with Gasteiger partial charge >= 0.3 is 17.9 Å². The number of allylic oxidation sites excluding steroid dienone is 20. The third-order valence-corrected chi connectivity index (χ3v) is 10.0. The second-order valence-electron chi connectivity index (χ2n) is 16.1. The van der Waals surface area contributed by atoms with Crippen LogP contribution in [0.2, 0.25) is 0 Å². The molecule has 1 atom stereocenters. The average Bonchev–Trinajstić information content (AvgIpc) is 3.28. The van der Waals surface area contributed by atoms with E-state index in [-0.39, 0.29) is 50.4 Å². The Morgan fingerprint density at radius 1 is 0.349 bits per heavy atom. The molecule has 63 heavy (non-hydrogen) atoms. The average molecular weight is 871 g/mol. The van der Waals surface area contributed by atoms with Crippen molar-refractivity contribution in [3.8, 4) is 0 Å². The van der Waals surface area contributed by atoms with Crippen LogP contribution in [-0.2, 0) is 28.6 Å². The van der Waals surface area contributed by atoms with E-state index in [2.05, 4.69) is 112 Å². The zero-order valence-corrected chi connectivity index (χ0v) is 40.3. The molecular weight excluding hydrogens is 781 g/mol. The maximum Gasteiger partial charge on any atom is 0.306 e. The number of carbonyl (C=O) groups excluding carboxylic acids is 3. The lowest BCUT2D eigenvalue weighted by Crippen LogP contribution is -2.30. The Hall–Kier alpha value is -4.19. The standard InChI is InChI=1S/C57H90O6/c1-4-7-10-13-16-19-22-25-27-28-30-32-35-38-41-44-47-50-56(59)62-53-54(52-61-55(58)49-46-43-40-37-34-31-24-21-18-15-12-9-6-3)63-57(60)51-48-45-42-39-36-33-29-26-23-20-17-14-11-8-5-2/h8,11,14,16-17,19-20,23,25-27,29-32,34,38,40-41,43,54H,4-7,9-10,12-13,15,18,21-22,24,28,33,35-37,39,42,44-53H2,1-3H3/b11-8+,17-14+,19-16+,23-20+,27-25+,29-26+,32-30+,34-31+,41-38+,43-40+. The summed E-state index contributed by atoms with van der Waals surface area (Å²) in [5.41, 5.74) is 0. The van der Waals surface area contributed by atoms with Gasteiger partial charge in [0.2, 0.25) is 0 Å². The van der Waals surface area contributed by atoms with Gasteiger partial charge in [0.1, 0.15) is 13.2 Å². The van der Waals surface area contributed by atoms with Crippen LogP contribution in [0.4, 0.5) is 0 Å². The molecule has 0 spiro atoms. The molecule has 0 saturated carbocycles. The van der Waals surface area contributed by atoms with Crippen molar-refractivity contribution in [1.82, 2.24) is 0 Å². The summed E-state index contributed by atoms with van der Waals surface area (Å²) in [6, 6.07) is 0. The van der Waals surface area contributed by atoms with Crippen LogP contribution in [-0.4, -0.2) is 37.2 Å². The highest BCUT2D eigenvalue weighted by Gasteiger charge is 2.19. The number of rotatable bonds is 43. The van der Waals surface area contributed by atoms with Crippen LogP contribution in [0.15, 0.2) is 122 Å². The molecule has 0 rings (SSSR count). The molecule has 0 aromatic heterocycles. The van der Waals surface area contributed by atoms with Gasteiger partial charge in [-0.1, -0.05) is 206 Å². The summed E-state index contributed by atoms with van der Waals surface area (Å²) in [6.07, 6.45) is 69.1. The minimum atomic E-state index is -0.838. The first-order valence-electron chi connectivity index (χ1n) is 25.1. The molecule has 6 nitrogen and oxygen atoms in total. The van der Waals surface area contributed by atoms with Crippen LogP contribution >= 0.6 is 0 Å². The molecule has 1 unspecified atom stereocenters. The highest BCUT2D eigenvalue weighted by Crippen LogP contribution is 2.11. The largest absolute Gasteiger partial charge is 0.462 e. The first-order valence-corrected chi connectivity index (χ1v) is 25.1. The van der Waals surface area contributed by atoms with Gasteiger partial charge < -0.3 is 14.2 Å². The fourth-order valence-electron chi connectivity index (χ4n) is 6.26. The number of unbranched alkanes of at least 4 members (excludes halogenated alkanes) is 15. The summed E-state index contributed by atoms with van der Waals surface area (Å²) in [6.45, 7) is 6.32. The Balaban J connectivity index is 4.60. The molecule has 0 aromatic carbocycles. The maximum atomic E-state index is 12.8. The van der Waals surface area contributed by atoms with Gasteiger partial charge in [0.25, 0.3) is 0 Å². The smallest absolute Gasteiger partial charge is 0.306 e. The predicted molar refractivity (Wildman–Crippen MR) is 269 cm³/mol. The Kier molecular flexibility index (Phi) is 47.1. The van der Waals surface area contributed by atoms with Crippen molar-refractivity contribution in [3.63, 3.8) is 0 Å². The molecule has 0 aliphatic heterocycles. The fraction of sp³-hybridized carbons (Fsp3) is 0.596. The van der Waals surface area contributed by atoms with E-state index in [0.717, 1.165) is 83.5 Å². The number of hydrogen-bond donors (Lipinski definition) is 0. The fourth-order valence-corrected chi connectivity index (χ4v) is 6.26. The molecule has 0 fully saturated rings. The molecule has 0 bridgehead atoms. The van der Waals surface area contributed by atoms with Crippen LogP contribution in [0.5, 0.6) is 0 Å². The summed E-state index contributed by atoms with van der Waals surface area (Å²) in [7, 11) is 0. The van der Waals surface area contributed by atoms with Gasteiger partial charge in [-0.2, -0.15) is 0 Å². The van der Waals surface area contributed by atoms with Crippen molar-refractivity contribution in [3.05, 3.63) is 122 Å². The zero-order chi connectivity index (χ0) is 45.8. The quantitative estimate of drug-likeness (QED) is 0.0200. The van der Waals surface area contributed by atoms with Crippen LogP contribution in [0.25, 0.3) is 0 Å². The van der Waals surface area contributed by atoms with E-state index in [0.29, 0.717) is 12.8 Å². The summed E-state index contributed by atoms with van der Waals surface area (Å²) in [4.78, 5) is 37.9. The number of esters is 3. The van der Waals surface area contributed by atoms with E-state index in [1.54, 1.807) is 0 Å². The number of ether oxygens (including phenoxy) is 3. The van der Waals surface area contributed by atoms with Gasteiger partial charge in [-0.15, -0.1) is 0 Å².